The molecule has 0 amide bonds. The number of rotatable bonds is 6. The molecule has 0 heterocycles. The van der Waals surface area contributed by atoms with Crippen LogP contribution in [0.1, 0.15) is 33.2 Å². The highest BCUT2D eigenvalue weighted by atomic mass is 35.5. The number of aromatic carboxylic acids is 1. The maximum absolute atomic E-state index is 11.8. The van der Waals surface area contributed by atoms with Crippen LogP contribution in [0.5, 0.6) is 0 Å². The zero-order chi connectivity index (χ0) is 14.4. The molecule has 0 bridgehead atoms. The fourth-order valence-corrected chi connectivity index (χ4v) is 1.72. The lowest BCUT2D eigenvalue weighted by molar-refractivity contribution is -0.116. The van der Waals surface area contributed by atoms with Crippen LogP contribution in [0.25, 0.3) is 0 Å². The first-order valence-electron chi connectivity index (χ1n) is 5.61. The lowest BCUT2D eigenvalue weighted by atomic mass is 9.97. The number of hydrogen-bond acceptors (Lipinski definition) is 4. The average molecular weight is 285 g/mol. The first-order valence-corrected chi connectivity index (χ1v) is 6.14. The second kappa shape index (κ2) is 6.89. The van der Waals surface area contributed by atoms with Gasteiger partial charge in [-0.05, 0) is 18.6 Å². The number of carboxylic acids is 1. The maximum Gasteiger partial charge on any atom is 0.339 e. The number of carbonyl (C=O) groups excluding carboxylic acids is 2. The summed E-state index contributed by atoms with van der Waals surface area (Å²) in [7, 11) is 0. The van der Waals surface area contributed by atoms with Gasteiger partial charge in [-0.3, -0.25) is 4.79 Å². The van der Waals surface area contributed by atoms with Crippen molar-refractivity contribution in [1.82, 2.24) is 0 Å². The Bertz CT molecular complexity index is 510. The zero-order valence-corrected chi connectivity index (χ0v) is 11.1. The minimum absolute atomic E-state index is 0.0877. The molecule has 0 aliphatic heterocycles. The molecule has 0 saturated heterocycles. The third-order valence-corrected chi connectivity index (χ3v) is 2.70. The summed E-state index contributed by atoms with van der Waals surface area (Å²) in [5.41, 5.74) is 0.0395. The molecule has 0 aliphatic rings. The molecule has 1 aromatic carbocycles. The fourth-order valence-electron chi connectivity index (χ4n) is 1.63. The third-order valence-electron chi connectivity index (χ3n) is 2.40. The number of halogens is 1. The number of ether oxygens (including phenoxy) is 1. The fraction of sp³-hybridized carbons (Fsp3) is 0.308. The molecule has 19 heavy (non-hydrogen) atoms. The summed E-state index contributed by atoms with van der Waals surface area (Å²) in [5.74, 6) is -2.49. The monoisotopic (exact) mass is 284 g/mol. The molecule has 5 nitrogen and oxygen atoms in total. The molecule has 0 aliphatic carbocycles. The Morgan fingerprint density at radius 3 is 2.53 bits per heavy atom. The van der Waals surface area contributed by atoms with Crippen LogP contribution in [0.3, 0.4) is 0 Å². The van der Waals surface area contributed by atoms with E-state index in [1.807, 2.05) is 0 Å². The molecule has 1 rings (SSSR count). The van der Waals surface area contributed by atoms with E-state index in [1.54, 1.807) is 6.92 Å². The van der Waals surface area contributed by atoms with Gasteiger partial charge >= 0.3 is 11.9 Å². The highest BCUT2D eigenvalue weighted by molar-refractivity contribution is 6.27. The van der Waals surface area contributed by atoms with E-state index in [0.29, 0.717) is 5.56 Å². The summed E-state index contributed by atoms with van der Waals surface area (Å²) < 4.78 is 4.83. The van der Waals surface area contributed by atoms with Crippen molar-refractivity contribution in [2.75, 3.05) is 12.5 Å². The number of Topliss-reactive ketones (excluding diaryl/α,β-unsaturated/α-hetero) is 1. The van der Waals surface area contributed by atoms with Crippen LogP contribution < -0.4 is 0 Å². The summed E-state index contributed by atoms with van der Waals surface area (Å²) >= 11 is 5.42. The molecule has 0 atom stereocenters. The van der Waals surface area contributed by atoms with Crippen molar-refractivity contribution < 1.29 is 24.2 Å². The van der Waals surface area contributed by atoms with Gasteiger partial charge in [0.2, 0.25) is 0 Å². The molecular formula is C13H13ClO5. The first kappa shape index (κ1) is 15.2. The van der Waals surface area contributed by atoms with Crippen molar-refractivity contribution in [2.24, 2.45) is 0 Å². The van der Waals surface area contributed by atoms with E-state index in [1.165, 1.54) is 18.2 Å². The molecule has 6 heteroatoms. The lowest BCUT2D eigenvalue weighted by Gasteiger charge is -2.10. The molecule has 0 saturated carbocycles. The van der Waals surface area contributed by atoms with Crippen molar-refractivity contribution in [1.29, 1.82) is 0 Å². The van der Waals surface area contributed by atoms with Crippen molar-refractivity contribution >= 4 is 29.3 Å². The van der Waals surface area contributed by atoms with Crippen LogP contribution in [0, 0.1) is 0 Å². The van der Waals surface area contributed by atoms with Crippen LogP contribution in [0.15, 0.2) is 18.2 Å². The molecule has 0 spiro atoms. The van der Waals surface area contributed by atoms with Crippen molar-refractivity contribution in [3.8, 4) is 0 Å². The molecule has 0 aromatic heterocycles. The van der Waals surface area contributed by atoms with Gasteiger partial charge in [-0.25, -0.2) is 9.59 Å². The summed E-state index contributed by atoms with van der Waals surface area (Å²) in [6.07, 6.45) is -0.0984. The Balaban J connectivity index is 3.29. The maximum atomic E-state index is 11.8. The second-order valence-electron chi connectivity index (χ2n) is 3.71. The largest absolute Gasteiger partial charge is 0.478 e. The topological polar surface area (TPSA) is 80.7 Å². The van der Waals surface area contributed by atoms with Gasteiger partial charge in [0.05, 0.1) is 23.6 Å². The SMILES string of the molecule is CCOC(=O)c1c(CC(=O)CCl)cccc1C(=O)O. The average Bonchev–Trinajstić information content (AvgIpc) is 2.38. The minimum Gasteiger partial charge on any atom is -0.478 e. The molecular weight excluding hydrogens is 272 g/mol. The van der Waals surface area contributed by atoms with Crippen LogP contribution >= 0.6 is 11.6 Å². The lowest BCUT2D eigenvalue weighted by Crippen LogP contribution is -2.17. The zero-order valence-electron chi connectivity index (χ0n) is 10.3. The smallest absolute Gasteiger partial charge is 0.339 e. The van der Waals surface area contributed by atoms with E-state index in [0.717, 1.165) is 0 Å². The number of carbonyl (C=O) groups is 3. The summed E-state index contributed by atoms with van der Waals surface area (Å²) in [5, 5.41) is 9.08. The minimum atomic E-state index is -1.25. The molecule has 102 valence electrons. The number of hydrogen-bond donors (Lipinski definition) is 1. The number of benzene rings is 1. The summed E-state index contributed by atoms with van der Waals surface area (Å²) in [4.78, 5) is 34.3. The Hall–Kier alpha value is -1.88. The van der Waals surface area contributed by atoms with Gasteiger partial charge in [-0.1, -0.05) is 12.1 Å². The number of alkyl halides is 1. The van der Waals surface area contributed by atoms with Gasteiger partial charge in [0.15, 0.2) is 5.78 Å². The van der Waals surface area contributed by atoms with Crippen LogP contribution in [0.4, 0.5) is 0 Å². The van der Waals surface area contributed by atoms with E-state index < -0.39 is 11.9 Å². The van der Waals surface area contributed by atoms with Gasteiger partial charge in [-0.2, -0.15) is 0 Å². The van der Waals surface area contributed by atoms with E-state index >= 15 is 0 Å². The first-order chi connectivity index (χ1) is 9.01. The highest BCUT2D eigenvalue weighted by Crippen LogP contribution is 2.18. The van der Waals surface area contributed by atoms with E-state index in [4.69, 9.17) is 21.4 Å². The van der Waals surface area contributed by atoms with E-state index in [-0.39, 0.29) is 35.8 Å². The predicted octanol–water partition coefficient (Wildman–Crippen LogP) is 1.91. The Morgan fingerprint density at radius 2 is 2.00 bits per heavy atom. The Kier molecular flexibility index (Phi) is 5.51. The molecule has 1 aromatic rings. The standard InChI is InChI=1S/C13H13ClO5/c1-2-19-13(18)11-8(6-9(15)7-14)4-3-5-10(11)12(16)17/h3-5H,2,6-7H2,1H3,(H,16,17). The third kappa shape index (κ3) is 3.79. The summed E-state index contributed by atoms with van der Waals surface area (Å²) in [6, 6.07) is 4.29. The molecule has 1 N–H and O–H groups in total. The predicted molar refractivity (Wildman–Crippen MR) is 68.8 cm³/mol. The molecule has 0 unspecified atom stereocenters. The van der Waals surface area contributed by atoms with Gasteiger partial charge in [0.1, 0.15) is 0 Å². The van der Waals surface area contributed by atoms with Gasteiger partial charge in [0.25, 0.3) is 0 Å². The Labute approximate surface area is 115 Å². The highest BCUT2D eigenvalue weighted by Gasteiger charge is 2.22. The molecule has 0 fully saturated rings. The van der Waals surface area contributed by atoms with Crippen LogP contribution in [-0.2, 0) is 16.0 Å². The quantitative estimate of drug-likeness (QED) is 0.637. The summed E-state index contributed by atoms with van der Waals surface area (Å²) in [6.45, 7) is 1.74. The number of ketones is 1. The van der Waals surface area contributed by atoms with E-state index in [9.17, 15) is 14.4 Å². The number of carboxylic acid groups (broad SMARTS) is 1. The normalized spacial score (nSPS) is 10.0. The van der Waals surface area contributed by atoms with Crippen molar-refractivity contribution in [3.05, 3.63) is 34.9 Å². The van der Waals surface area contributed by atoms with Crippen molar-refractivity contribution in [3.63, 3.8) is 0 Å². The molecule has 0 radical (unpaired) electrons. The Morgan fingerprint density at radius 1 is 1.32 bits per heavy atom. The number of esters is 1. The van der Waals surface area contributed by atoms with Gasteiger partial charge in [-0.15, -0.1) is 11.6 Å². The van der Waals surface area contributed by atoms with E-state index in [2.05, 4.69) is 0 Å². The van der Waals surface area contributed by atoms with Gasteiger partial charge < -0.3 is 9.84 Å². The van der Waals surface area contributed by atoms with Crippen LogP contribution in [0.2, 0.25) is 0 Å². The van der Waals surface area contributed by atoms with Crippen LogP contribution in [-0.4, -0.2) is 35.3 Å². The van der Waals surface area contributed by atoms with Crippen molar-refractivity contribution in [2.45, 2.75) is 13.3 Å². The van der Waals surface area contributed by atoms with Gasteiger partial charge in [0, 0.05) is 6.42 Å². The second-order valence-corrected chi connectivity index (χ2v) is 3.98.